The standard InChI is InChI=1S/C12H18O2/c1-2-9-5-8-6-10(9)11(7-8)12-13-3-4-14-12/h2,8,10-12H,3-7H2,1H3/b9-2+. The molecule has 1 saturated heterocycles. The fourth-order valence-electron chi connectivity index (χ4n) is 3.51. The molecule has 14 heavy (non-hydrogen) atoms. The van der Waals surface area contributed by atoms with Crippen LogP contribution in [0.5, 0.6) is 0 Å². The van der Waals surface area contributed by atoms with E-state index in [1.807, 2.05) is 0 Å². The van der Waals surface area contributed by atoms with Gasteiger partial charge in [-0.05, 0) is 38.0 Å². The molecule has 2 bridgehead atoms. The van der Waals surface area contributed by atoms with Crippen LogP contribution >= 0.6 is 0 Å². The Morgan fingerprint density at radius 1 is 1.21 bits per heavy atom. The second-order valence-electron chi connectivity index (χ2n) is 4.79. The van der Waals surface area contributed by atoms with E-state index in [0.29, 0.717) is 5.92 Å². The quantitative estimate of drug-likeness (QED) is 0.596. The van der Waals surface area contributed by atoms with Crippen LogP contribution in [-0.4, -0.2) is 19.5 Å². The lowest BCUT2D eigenvalue weighted by molar-refractivity contribution is -0.0925. The molecule has 2 nitrogen and oxygen atoms in total. The molecule has 3 fully saturated rings. The lowest BCUT2D eigenvalue weighted by Gasteiger charge is -2.27. The SMILES string of the molecule is C/C=C1\CC2CC1C(C1OCCO1)C2. The first-order chi connectivity index (χ1) is 6.88. The van der Waals surface area contributed by atoms with Crippen molar-refractivity contribution >= 4 is 0 Å². The summed E-state index contributed by atoms with van der Waals surface area (Å²) in [6.45, 7) is 3.76. The number of ether oxygens (including phenoxy) is 2. The van der Waals surface area contributed by atoms with Crippen LogP contribution in [0.15, 0.2) is 11.6 Å². The van der Waals surface area contributed by atoms with Gasteiger partial charge in [-0.2, -0.15) is 0 Å². The van der Waals surface area contributed by atoms with Crippen molar-refractivity contribution < 1.29 is 9.47 Å². The van der Waals surface area contributed by atoms with Crippen LogP contribution < -0.4 is 0 Å². The molecule has 2 aliphatic carbocycles. The summed E-state index contributed by atoms with van der Waals surface area (Å²) in [7, 11) is 0. The third-order valence-corrected chi connectivity index (χ3v) is 4.08. The van der Waals surface area contributed by atoms with E-state index in [-0.39, 0.29) is 6.29 Å². The minimum atomic E-state index is 0.111. The minimum Gasteiger partial charge on any atom is -0.350 e. The Bertz CT molecular complexity index is 253. The van der Waals surface area contributed by atoms with E-state index < -0.39 is 0 Å². The molecule has 0 aromatic rings. The Labute approximate surface area is 85.3 Å². The van der Waals surface area contributed by atoms with Crippen LogP contribution in [0.3, 0.4) is 0 Å². The van der Waals surface area contributed by atoms with Gasteiger partial charge in [-0.15, -0.1) is 0 Å². The minimum absolute atomic E-state index is 0.111. The van der Waals surface area contributed by atoms with Crippen molar-refractivity contribution in [3.63, 3.8) is 0 Å². The third kappa shape index (κ3) is 1.24. The highest BCUT2D eigenvalue weighted by atomic mass is 16.7. The number of hydrogen-bond donors (Lipinski definition) is 0. The van der Waals surface area contributed by atoms with Crippen LogP contribution in [0.2, 0.25) is 0 Å². The molecule has 3 atom stereocenters. The van der Waals surface area contributed by atoms with Crippen molar-refractivity contribution in [3.05, 3.63) is 11.6 Å². The molecule has 78 valence electrons. The average Bonchev–Trinajstić information content (AvgIpc) is 2.91. The first-order valence-electron chi connectivity index (χ1n) is 5.76. The Kier molecular flexibility index (Phi) is 2.14. The van der Waals surface area contributed by atoms with E-state index in [2.05, 4.69) is 13.0 Å². The van der Waals surface area contributed by atoms with Crippen molar-refractivity contribution in [1.29, 1.82) is 0 Å². The molecule has 0 radical (unpaired) electrons. The Hall–Kier alpha value is -0.340. The molecule has 1 aliphatic heterocycles. The van der Waals surface area contributed by atoms with Crippen molar-refractivity contribution in [1.82, 2.24) is 0 Å². The number of hydrogen-bond acceptors (Lipinski definition) is 2. The van der Waals surface area contributed by atoms with E-state index in [1.54, 1.807) is 5.57 Å². The molecule has 0 aromatic carbocycles. The summed E-state index contributed by atoms with van der Waals surface area (Å²) >= 11 is 0. The summed E-state index contributed by atoms with van der Waals surface area (Å²) in [5.41, 5.74) is 1.66. The fourth-order valence-corrected chi connectivity index (χ4v) is 3.51. The Balaban J connectivity index is 1.76. The summed E-state index contributed by atoms with van der Waals surface area (Å²) in [6, 6.07) is 0. The summed E-state index contributed by atoms with van der Waals surface area (Å²) < 4.78 is 11.3. The zero-order chi connectivity index (χ0) is 9.54. The third-order valence-electron chi connectivity index (χ3n) is 4.08. The highest BCUT2D eigenvalue weighted by Crippen LogP contribution is 2.53. The maximum atomic E-state index is 5.63. The van der Waals surface area contributed by atoms with Gasteiger partial charge in [-0.1, -0.05) is 11.6 Å². The largest absolute Gasteiger partial charge is 0.350 e. The summed E-state index contributed by atoms with van der Waals surface area (Å²) in [6.07, 6.45) is 6.47. The van der Waals surface area contributed by atoms with Gasteiger partial charge in [0.05, 0.1) is 13.2 Å². The van der Waals surface area contributed by atoms with Gasteiger partial charge in [-0.3, -0.25) is 0 Å². The number of rotatable bonds is 1. The van der Waals surface area contributed by atoms with Gasteiger partial charge >= 0.3 is 0 Å². The van der Waals surface area contributed by atoms with E-state index in [1.165, 1.54) is 19.3 Å². The van der Waals surface area contributed by atoms with Crippen LogP contribution in [0.25, 0.3) is 0 Å². The van der Waals surface area contributed by atoms with Gasteiger partial charge in [0.15, 0.2) is 6.29 Å². The van der Waals surface area contributed by atoms with Gasteiger partial charge in [0.1, 0.15) is 0 Å². The Morgan fingerprint density at radius 3 is 2.64 bits per heavy atom. The van der Waals surface area contributed by atoms with Crippen molar-refractivity contribution in [2.75, 3.05) is 13.2 Å². The topological polar surface area (TPSA) is 18.5 Å². The first kappa shape index (κ1) is 8.93. The van der Waals surface area contributed by atoms with E-state index in [0.717, 1.165) is 25.0 Å². The van der Waals surface area contributed by atoms with Crippen molar-refractivity contribution in [3.8, 4) is 0 Å². The monoisotopic (exact) mass is 194 g/mol. The van der Waals surface area contributed by atoms with Crippen LogP contribution in [0, 0.1) is 17.8 Å². The molecule has 0 spiro atoms. The fraction of sp³-hybridized carbons (Fsp3) is 0.833. The maximum absolute atomic E-state index is 5.63. The average molecular weight is 194 g/mol. The molecule has 3 unspecified atom stereocenters. The van der Waals surface area contributed by atoms with Crippen molar-refractivity contribution in [2.45, 2.75) is 32.5 Å². The van der Waals surface area contributed by atoms with Crippen molar-refractivity contribution in [2.24, 2.45) is 17.8 Å². The van der Waals surface area contributed by atoms with Crippen LogP contribution in [0.4, 0.5) is 0 Å². The van der Waals surface area contributed by atoms with E-state index >= 15 is 0 Å². The molecule has 3 rings (SSSR count). The van der Waals surface area contributed by atoms with E-state index in [4.69, 9.17) is 9.47 Å². The van der Waals surface area contributed by atoms with Gasteiger partial charge in [-0.25, -0.2) is 0 Å². The molecular weight excluding hydrogens is 176 g/mol. The smallest absolute Gasteiger partial charge is 0.161 e. The highest BCUT2D eigenvalue weighted by molar-refractivity contribution is 5.18. The van der Waals surface area contributed by atoms with E-state index in [9.17, 15) is 0 Å². The molecule has 2 heteroatoms. The van der Waals surface area contributed by atoms with Crippen LogP contribution in [0.1, 0.15) is 26.2 Å². The zero-order valence-electron chi connectivity index (χ0n) is 8.74. The molecule has 1 heterocycles. The second-order valence-corrected chi connectivity index (χ2v) is 4.79. The summed E-state index contributed by atoms with van der Waals surface area (Å²) in [5, 5.41) is 0. The van der Waals surface area contributed by atoms with Gasteiger partial charge in [0.2, 0.25) is 0 Å². The Morgan fingerprint density at radius 2 is 2.00 bits per heavy atom. The molecule has 0 aromatic heterocycles. The molecule has 3 aliphatic rings. The lowest BCUT2D eigenvalue weighted by Crippen LogP contribution is -2.27. The summed E-state index contributed by atoms with van der Waals surface area (Å²) in [5.74, 6) is 2.35. The summed E-state index contributed by atoms with van der Waals surface area (Å²) in [4.78, 5) is 0. The maximum Gasteiger partial charge on any atom is 0.161 e. The van der Waals surface area contributed by atoms with Crippen LogP contribution in [-0.2, 0) is 9.47 Å². The number of fused-ring (bicyclic) bond motifs is 2. The van der Waals surface area contributed by atoms with Gasteiger partial charge in [0.25, 0.3) is 0 Å². The normalized spacial score (nSPS) is 45.5. The van der Waals surface area contributed by atoms with Gasteiger partial charge < -0.3 is 9.47 Å². The zero-order valence-corrected chi connectivity index (χ0v) is 8.74. The highest BCUT2D eigenvalue weighted by Gasteiger charge is 2.47. The second kappa shape index (κ2) is 3.35. The van der Waals surface area contributed by atoms with Gasteiger partial charge in [0, 0.05) is 5.92 Å². The molecular formula is C12H18O2. The lowest BCUT2D eigenvalue weighted by atomic mass is 9.84. The molecule has 0 amide bonds. The first-order valence-corrected chi connectivity index (χ1v) is 5.76. The predicted octanol–water partition coefficient (Wildman–Crippen LogP) is 2.35. The molecule has 2 saturated carbocycles. The molecule has 0 N–H and O–H groups in total. The number of allylic oxidation sites excluding steroid dienone is 2. The predicted molar refractivity (Wildman–Crippen MR) is 53.8 cm³/mol.